The van der Waals surface area contributed by atoms with Crippen molar-refractivity contribution >= 4 is 5.91 Å². The van der Waals surface area contributed by atoms with Gasteiger partial charge in [-0.3, -0.25) is 4.79 Å². The third kappa shape index (κ3) is 4.14. The van der Waals surface area contributed by atoms with E-state index in [0.29, 0.717) is 19.0 Å². The minimum absolute atomic E-state index is 0.116. The van der Waals surface area contributed by atoms with E-state index in [1.807, 2.05) is 6.92 Å². The first-order valence-corrected chi connectivity index (χ1v) is 7.08. The Morgan fingerprint density at radius 3 is 2.67 bits per heavy atom. The molecule has 0 saturated carbocycles. The van der Waals surface area contributed by atoms with E-state index in [4.69, 9.17) is 10.5 Å². The SMILES string of the molecule is CC(N)C1CCN(C(=O)COc2ccc(F)cc2F)CC1. The Balaban J connectivity index is 1.82. The van der Waals surface area contributed by atoms with E-state index in [9.17, 15) is 13.6 Å². The Hall–Kier alpha value is -1.69. The number of likely N-dealkylation sites (tertiary alicyclic amines) is 1. The van der Waals surface area contributed by atoms with Gasteiger partial charge in [0.25, 0.3) is 5.91 Å². The van der Waals surface area contributed by atoms with Crippen molar-refractivity contribution in [2.45, 2.75) is 25.8 Å². The minimum Gasteiger partial charge on any atom is -0.481 e. The minimum atomic E-state index is -0.807. The van der Waals surface area contributed by atoms with Crippen molar-refractivity contribution in [1.29, 1.82) is 0 Å². The van der Waals surface area contributed by atoms with E-state index in [1.54, 1.807) is 4.90 Å². The van der Waals surface area contributed by atoms with E-state index >= 15 is 0 Å². The molecule has 1 fully saturated rings. The van der Waals surface area contributed by atoms with Gasteiger partial charge in [-0.05, 0) is 37.8 Å². The fourth-order valence-electron chi connectivity index (χ4n) is 2.50. The topological polar surface area (TPSA) is 55.6 Å². The first kappa shape index (κ1) is 15.7. The molecule has 1 aliphatic rings. The molecule has 0 aromatic heterocycles. The quantitative estimate of drug-likeness (QED) is 0.924. The average Bonchev–Trinajstić information content (AvgIpc) is 2.46. The molecule has 0 aliphatic carbocycles. The number of amides is 1. The average molecular weight is 298 g/mol. The molecule has 21 heavy (non-hydrogen) atoms. The number of hydrogen-bond donors (Lipinski definition) is 1. The van der Waals surface area contributed by atoms with Gasteiger partial charge >= 0.3 is 0 Å². The first-order valence-electron chi connectivity index (χ1n) is 7.08. The lowest BCUT2D eigenvalue weighted by atomic mass is 9.91. The molecular formula is C15H20F2N2O2. The Morgan fingerprint density at radius 2 is 2.10 bits per heavy atom. The van der Waals surface area contributed by atoms with Crippen LogP contribution in [0, 0.1) is 17.6 Å². The maximum Gasteiger partial charge on any atom is 0.260 e. The largest absolute Gasteiger partial charge is 0.481 e. The molecule has 0 bridgehead atoms. The van der Waals surface area contributed by atoms with Crippen LogP contribution in [0.1, 0.15) is 19.8 Å². The molecule has 0 radical (unpaired) electrons. The van der Waals surface area contributed by atoms with Gasteiger partial charge in [-0.2, -0.15) is 0 Å². The van der Waals surface area contributed by atoms with Crippen molar-refractivity contribution in [2.24, 2.45) is 11.7 Å². The zero-order valence-electron chi connectivity index (χ0n) is 12.0. The van der Waals surface area contributed by atoms with Crippen LogP contribution in [0.5, 0.6) is 5.75 Å². The number of hydrogen-bond acceptors (Lipinski definition) is 3. The van der Waals surface area contributed by atoms with Gasteiger partial charge in [-0.1, -0.05) is 0 Å². The summed E-state index contributed by atoms with van der Waals surface area (Å²) in [4.78, 5) is 13.7. The van der Waals surface area contributed by atoms with Gasteiger partial charge < -0.3 is 15.4 Å². The highest BCUT2D eigenvalue weighted by Crippen LogP contribution is 2.20. The fourth-order valence-corrected chi connectivity index (χ4v) is 2.50. The normalized spacial score (nSPS) is 17.6. The van der Waals surface area contributed by atoms with E-state index < -0.39 is 11.6 Å². The second kappa shape index (κ2) is 6.85. The third-order valence-electron chi connectivity index (χ3n) is 3.88. The van der Waals surface area contributed by atoms with Gasteiger partial charge in [0.2, 0.25) is 0 Å². The van der Waals surface area contributed by atoms with Crippen LogP contribution in [0.4, 0.5) is 8.78 Å². The van der Waals surface area contributed by atoms with Crippen molar-refractivity contribution < 1.29 is 18.3 Å². The number of carbonyl (C=O) groups excluding carboxylic acids is 1. The number of benzene rings is 1. The van der Waals surface area contributed by atoms with Crippen molar-refractivity contribution in [2.75, 3.05) is 19.7 Å². The van der Waals surface area contributed by atoms with Crippen molar-refractivity contribution in [3.8, 4) is 5.75 Å². The van der Waals surface area contributed by atoms with E-state index in [-0.39, 0.29) is 24.3 Å². The van der Waals surface area contributed by atoms with Crippen LogP contribution in [-0.2, 0) is 4.79 Å². The molecule has 2 rings (SSSR count). The molecule has 1 heterocycles. The number of nitrogens with two attached hydrogens (primary N) is 1. The lowest BCUT2D eigenvalue weighted by Crippen LogP contribution is -2.44. The summed E-state index contributed by atoms with van der Waals surface area (Å²) < 4.78 is 31.3. The number of halogens is 2. The van der Waals surface area contributed by atoms with E-state index in [2.05, 4.69) is 0 Å². The Bertz CT molecular complexity index is 500. The van der Waals surface area contributed by atoms with Crippen molar-refractivity contribution in [1.82, 2.24) is 4.90 Å². The molecule has 0 spiro atoms. The van der Waals surface area contributed by atoms with Crippen molar-refractivity contribution in [3.05, 3.63) is 29.8 Å². The number of rotatable bonds is 4. The molecule has 2 N–H and O–H groups in total. The number of piperidine rings is 1. The van der Waals surface area contributed by atoms with Gasteiger partial charge in [0.1, 0.15) is 5.82 Å². The fraction of sp³-hybridized carbons (Fsp3) is 0.533. The van der Waals surface area contributed by atoms with E-state index in [1.165, 1.54) is 6.07 Å². The predicted molar refractivity (Wildman–Crippen MR) is 74.8 cm³/mol. The second-order valence-corrected chi connectivity index (χ2v) is 5.44. The molecule has 1 unspecified atom stereocenters. The summed E-state index contributed by atoms with van der Waals surface area (Å²) >= 11 is 0. The molecule has 1 aromatic carbocycles. The number of nitrogens with zero attached hydrogens (tertiary/aromatic N) is 1. The Morgan fingerprint density at radius 1 is 1.43 bits per heavy atom. The van der Waals surface area contributed by atoms with Crippen LogP contribution in [0.3, 0.4) is 0 Å². The summed E-state index contributed by atoms with van der Waals surface area (Å²) in [5.41, 5.74) is 5.85. The van der Waals surface area contributed by atoms with Gasteiger partial charge in [0.05, 0.1) is 0 Å². The molecule has 116 valence electrons. The first-order chi connectivity index (χ1) is 9.97. The highest BCUT2D eigenvalue weighted by Gasteiger charge is 2.25. The molecule has 1 atom stereocenters. The molecule has 4 nitrogen and oxygen atoms in total. The number of carbonyl (C=O) groups is 1. The molecule has 6 heteroatoms. The number of ether oxygens (including phenoxy) is 1. The highest BCUT2D eigenvalue weighted by atomic mass is 19.1. The molecular weight excluding hydrogens is 278 g/mol. The smallest absolute Gasteiger partial charge is 0.260 e. The maximum absolute atomic E-state index is 13.4. The summed E-state index contributed by atoms with van der Waals surface area (Å²) in [6.07, 6.45) is 1.74. The standard InChI is InChI=1S/C15H20F2N2O2/c1-10(18)11-4-6-19(7-5-11)15(20)9-21-14-3-2-12(16)8-13(14)17/h2-3,8,10-11H,4-7,9,18H2,1H3. The van der Waals surface area contributed by atoms with Crippen LogP contribution in [-0.4, -0.2) is 36.5 Å². The Labute approximate surface area is 122 Å². The monoisotopic (exact) mass is 298 g/mol. The van der Waals surface area contributed by atoms with Crippen LogP contribution in [0.15, 0.2) is 18.2 Å². The second-order valence-electron chi connectivity index (χ2n) is 5.44. The summed E-state index contributed by atoms with van der Waals surface area (Å²) in [6.45, 7) is 3.01. The molecule has 1 aliphatic heterocycles. The van der Waals surface area contributed by atoms with E-state index in [0.717, 1.165) is 25.0 Å². The zero-order chi connectivity index (χ0) is 15.4. The molecule has 1 amide bonds. The lowest BCUT2D eigenvalue weighted by molar-refractivity contribution is -0.134. The summed E-state index contributed by atoms with van der Waals surface area (Å²) in [5, 5.41) is 0. The van der Waals surface area contributed by atoms with Gasteiger partial charge in [-0.15, -0.1) is 0 Å². The predicted octanol–water partition coefficient (Wildman–Crippen LogP) is 1.93. The third-order valence-corrected chi connectivity index (χ3v) is 3.88. The summed E-state index contributed by atoms with van der Waals surface area (Å²) in [7, 11) is 0. The lowest BCUT2D eigenvalue weighted by Gasteiger charge is -2.33. The Kier molecular flexibility index (Phi) is 5.12. The zero-order valence-corrected chi connectivity index (χ0v) is 12.0. The van der Waals surface area contributed by atoms with Gasteiger partial charge in [0.15, 0.2) is 18.2 Å². The van der Waals surface area contributed by atoms with Crippen LogP contribution >= 0.6 is 0 Å². The van der Waals surface area contributed by atoms with Crippen LogP contribution in [0.2, 0.25) is 0 Å². The summed E-state index contributed by atoms with van der Waals surface area (Å²) in [5.74, 6) is -1.36. The maximum atomic E-state index is 13.4. The van der Waals surface area contributed by atoms with Crippen LogP contribution < -0.4 is 10.5 Å². The van der Waals surface area contributed by atoms with Crippen LogP contribution in [0.25, 0.3) is 0 Å². The highest BCUT2D eigenvalue weighted by molar-refractivity contribution is 5.77. The van der Waals surface area contributed by atoms with Gasteiger partial charge in [0, 0.05) is 25.2 Å². The molecule has 1 saturated heterocycles. The molecule has 1 aromatic rings. The van der Waals surface area contributed by atoms with Gasteiger partial charge in [-0.25, -0.2) is 8.78 Å². The summed E-state index contributed by atoms with van der Waals surface area (Å²) in [6, 6.07) is 3.14. The van der Waals surface area contributed by atoms with Crippen molar-refractivity contribution in [3.63, 3.8) is 0 Å².